The number of fused-ring (bicyclic) bond motifs is 4. The Morgan fingerprint density at radius 2 is 0.765 bits per heavy atom. The van der Waals surface area contributed by atoms with E-state index in [1.807, 2.05) is 24.7 Å². The first-order valence-corrected chi connectivity index (χ1v) is 21.0. The molecular formula is C46H30Cl2HfO2. The number of rotatable bonds is 6. The van der Waals surface area contributed by atoms with E-state index >= 15 is 0 Å². The first kappa shape index (κ1) is 33.5. The zero-order chi connectivity index (χ0) is 32.3. The van der Waals surface area contributed by atoms with Gasteiger partial charge in [-0.25, -0.2) is 0 Å². The molecule has 0 aliphatic heterocycles. The Bertz CT molecular complexity index is 2410. The van der Waals surface area contributed by atoms with Crippen molar-refractivity contribution in [3.8, 4) is 0 Å². The number of benzene rings is 6. The maximum absolute atomic E-state index is 6.36. The van der Waals surface area contributed by atoms with E-state index in [2.05, 4.69) is 146 Å². The number of hydrogen-bond acceptors (Lipinski definition) is 2. The molecule has 0 amide bonds. The Morgan fingerprint density at radius 3 is 1.22 bits per heavy atom. The quantitative estimate of drug-likeness (QED) is 0.192. The second kappa shape index (κ2) is 13.8. The van der Waals surface area contributed by atoms with Gasteiger partial charge < -0.3 is 24.8 Å². The van der Waals surface area contributed by atoms with Gasteiger partial charge in [-0.1, -0.05) is 0 Å². The first-order valence-electron chi connectivity index (χ1n) is 16.8. The van der Waals surface area contributed by atoms with Crippen molar-refractivity contribution in [2.75, 3.05) is 0 Å². The second-order valence-electron chi connectivity index (χ2n) is 12.8. The average molecular weight is 864 g/mol. The third-order valence-electron chi connectivity index (χ3n) is 10.2. The molecule has 2 atom stereocenters. The molecular weight excluding hydrogens is 834 g/mol. The van der Waals surface area contributed by atoms with Crippen molar-refractivity contribution in [3.63, 3.8) is 0 Å². The molecule has 0 bridgehead atoms. The summed E-state index contributed by atoms with van der Waals surface area (Å²) in [4.78, 5) is 0. The van der Waals surface area contributed by atoms with Crippen LogP contribution in [0.25, 0.3) is 43.8 Å². The topological polar surface area (TPSA) is 26.3 Å². The van der Waals surface area contributed by atoms with E-state index in [0.717, 1.165) is 11.5 Å². The van der Waals surface area contributed by atoms with Crippen LogP contribution in [0.3, 0.4) is 0 Å². The van der Waals surface area contributed by atoms with Crippen molar-refractivity contribution in [1.82, 2.24) is 0 Å². The van der Waals surface area contributed by atoms with Gasteiger partial charge in [0, 0.05) is 0 Å². The van der Waals surface area contributed by atoms with Gasteiger partial charge in [0.05, 0.1) is 0 Å². The third-order valence-corrected chi connectivity index (χ3v) is 16.9. The van der Waals surface area contributed by atoms with E-state index in [-0.39, 0.29) is 32.2 Å². The van der Waals surface area contributed by atoms with Crippen LogP contribution in [0, 0.1) is 0 Å². The number of allylic oxidation sites excluding steroid dienone is 2. The molecule has 0 saturated heterocycles. The number of halogens is 2. The van der Waals surface area contributed by atoms with Crippen LogP contribution in [0.15, 0.2) is 179 Å². The Labute approximate surface area is 320 Å². The van der Waals surface area contributed by atoms with Gasteiger partial charge in [-0.05, 0) is 0 Å². The molecule has 2 nitrogen and oxygen atoms in total. The number of hydrogen-bond donors (Lipinski definition) is 0. The van der Waals surface area contributed by atoms with Crippen molar-refractivity contribution in [1.29, 1.82) is 0 Å². The van der Waals surface area contributed by atoms with E-state index in [4.69, 9.17) is 8.83 Å². The van der Waals surface area contributed by atoms with Crippen LogP contribution < -0.4 is 24.8 Å². The summed E-state index contributed by atoms with van der Waals surface area (Å²) in [6.07, 6.45) is 3.66. The molecule has 2 aliphatic carbocycles. The predicted molar refractivity (Wildman–Crippen MR) is 196 cm³/mol. The van der Waals surface area contributed by atoms with E-state index < -0.39 is 22.9 Å². The van der Waals surface area contributed by atoms with E-state index in [9.17, 15) is 0 Å². The Hall–Kier alpha value is -4.67. The molecule has 10 rings (SSSR count). The van der Waals surface area contributed by atoms with Crippen LogP contribution in [0.2, 0.25) is 0 Å². The normalized spacial score (nSPS) is 16.1. The van der Waals surface area contributed by atoms with Gasteiger partial charge in [-0.3, -0.25) is 0 Å². The van der Waals surface area contributed by atoms with Crippen LogP contribution in [0.4, 0.5) is 0 Å². The van der Waals surface area contributed by atoms with Crippen molar-refractivity contribution in [2.45, 2.75) is 7.35 Å². The van der Waals surface area contributed by atoms with Crippen molar-refractivity contribution in [3.05, 3.63) is 215 Å². The summed E-state index contributed by atoms with van der Waals surface area (Å²) in [5.41, 5.74) is 13.3. The summed E-state index contributed by atoms with van der Waals surface area (Å²) < 4.78 is 13.3. The molecule has 0 N–H and O–H groups in total. The first-order chi connectivity index (χ1) is 24.3. The van der Waals surface area contributed by atoms with Gasteiger partial charge in [-0.2, -0.15) is 0 Å². The molecule has 0 spiro atoms. The second-order valence-corrected chi connectivity index (χ2v) is 18.1. The molecule has 0 fully saturated rings. The van der Waals surface area contributed by atoms with Crippen molar-refractivity contribution in [2.24, 2.45) is 0 Å². The van der Waals surface area contributed by atoms with Gasteiger partial charge in [-0.15, -0.1) is 0 Å². The van der Waals surface area contributed by atoms with E-state index in [1.54, 1.807) is 0 Å². The standard InChI is InChI=1S/2C23H15O.2ClH.Hf/c2*1-3-10-18-16(7-1)9-5-12-20(18)23-19-11-4-2-8-17(19)15-21(23)22-13-6-14-24-22;;;/h2*1-15H;2*1H;/q;;;;+2/p-2. The fourth-order valence-electron chi connectivity index (χ4n) is 8.22. The Kier molecular flexibility index (Phi) is 9.06. The van der Waals surface area contributed by atoms with Gasteiger partial charge in [0.1, 0.15) is 0 Å². The predicted octanol–water partition coefficient (Wildman–Crippen LogP) is 6.00. The molecule has 2 aliphatic rings. The minimum atomic E-state index is -1.75. The van der Waals surface area contributed by atoms with Gasteiger partial charge in [0.25, 0.3) is 0 Å². The molecule has 2 aromatic heterocycles. The van der Waals surface area contributed by atoms with Crippen molar-refractivity contribution < 1.29 is 56.6 Å². The summed E-state index contributed by atoms with van der Waals surface area (Å²) in [7, 11) is 0. The molecule has 6 aromatic carbocycles. The molecule has 0 radical (unpaired) electrons. The molecule has 5 heteroatoms. The van der Waals surface area contributed by atoms with E-state index in [1.165, 1.54) is 77.2 Å². The fraction of sp³-hybridized carbons (Fsp3) is 0.0435. The summed E-state index contributed by atoms with van der Waals surface area (Å²) in [6.45, 7) is 0. The molecule has 2 unspecified atom stereocenters. The molecule has 51 heavy (non-hydrogen) atoms. The Balaban J connectivity index is 0.00000187. The summed E-state index contributed by atoms with van der Waals surface area (Å²) >= 11 is -1.75. The van der Waals surface area contributed by atoms with Crippen LogP contribution in [0.1, 0.15) is 52.3 Å². The zero-order valence-electron chi connectivity index (χ0n) is 27.4. The zero-order valence-corrected chi connectivity index (χ0v) is 32.5. The average Bonchev–Trinajstić information content (AvgIpc) is 3.98. The van der Waals surface area contributed by atoms with Crippen LogP contribution in [-0.2, 0) is 22.9 Å². The number of furan rings is 2. The fourth-order valence-corrected chi connectivity index (χ4v) is 15.8. The van der Waals surface area contributed by atoms with E-state index in [0.29, 0.717) is 0 Å². The van der Waals surface area contributed by atoms with Crippen LogP contribution in [0.5, 0.6) is 0 Å². The minimum absolute atomic E-state index is 0. The molecule has 0 saturated carbocycles. The van der Waals surface area contributed by atoms with Crippen LogP contribution >= 0.6 is 0 Å². The summed E-state index contributed by atoms with van der Waals surface area (Å²) in [5, 5.41) is 5.05. The molecule has 244 valence electrons. The third kappa shape index (κ3) is 5.42. The van der Waals surface area contributed by atoms with Gasteiger partial charge >= 0.3 is 298 Å². The van der Waals surface area contributed by atoms with Crippen LogP contribution in [-0.4, -0.2) is 0 Å². The van der Waals surface area contributed by atoms with Gasteiger partial charge in [0.2, 0.25) is 0 Å². The summed E-state index contributed by atoms with van der Waals surface area (Å²) in [5.74, 6) is 1.95. The SMILES string of the molecule is [Cl-].[Cl-].c1coc(C2=C(c3cccc4ccccc34)c3ccccc3[CH]2[Hf+2][CH]2C(c3ccco3)=C(c3cccc4ccccc34)c3ccccc32)c1. The van der Waals surface area contributed by atoms with Gasteiger partial charge in [0.15, 0.2) is 0 Å². The Morgan fingerprint density at radius 1 is 0.373 bits per heavy atom. The summed E-state index contributed by atoms with van der Waals surface area (Å²) in [6, 6.07) is 57.5. The van der Waals surface area contributed by atoms with Crippen molar-refractivity contribution >= 4 is 43.8 Å². The monoisotopic (exact) mass is 864 g/mol. The molecule has 2 heterocycles. The maximum atomic E-state index is 6.36. The molecule has 8 aromatic rings.